The van der Waals surface area contributed by atoms with Gasteiger partial charge in [0.2, 0.25) is 5.95 Å². The molecule has 7 nitrogen and oxygen atoms in total. The van der Waals surface area contributed by atoms with Crippen molar-refractivity contribution >= 4 is 33.3 Å². The van der Waals surface area contributed by atoms with Gasteiger partial charge in [-0.05, 0) is 74.3 Å². The number of hydrogen-bond donors (Lipinski definition) is 2. The molecule has 1 aromatic carbocycles. The molecule has 0 saturated carbocycles. The summed E-state index contributed by atoms with van der Waals surface area (Å²) >= 11 is 1.68. The van der Waals surface area contributed by atoms with Crippen molar-refractivity contribution in [1.82, 2.24) is 20.2 Å². The summed E-state index contributed by atoms with van der Waals surface area (Å²) in [5, 5.41) is 7.98. The lowest BCUT2D eigenvalue weighted by atomic mass is 9.95. The van der Waals surface area contributed by atoms with Crippen LogP contribution in [0.2, 0.25) is 0 Å². The number of nitrogens with zero attached hydrogens (tertiary/aromatic N) is 3. The minimum atomic E-state index is 0.0774. The minimum Gasteiger partial charge on any atom is -0.378 e. The fraction of sp³-hybridized carbons (Fsp3) is 0.480. The van der Waals surface area contributed by atoms with Crippen molar-refractivity contribution in [3.63, 3.8) is 0 Å². The number of nitrogens with one attached hydrogen (secondary N) is 2. The van der Waals surface area contributed by atoms with Gasteiger partial charge in [-0.3, -0.25) is 4.79 Å². The second-order valence-electron chi connectivity index (χ2n) is 8.90. The van der Waals surface area contributed by atoms with Crippen LogP contribution >= 0.6 is 11.3 Å². The Kier molecular flexibility index (Phi) is 6.85. The number of anilines is 1. The molecule has 2 N–H and O–H groups in total. The number of carbonyl (C=O) groups is 1. The maximum Gasteiger partial charge on any atom is 0.254 e. The van der Waals surface area contributed by atoms with Crippen molar-refractivity contribution in [2.24, 2.45) is 5.92 Å². The normalized spacial score (nSPS) is 17.4. The fourth-order valence-electron chi connectivity index (χ4n) is 4.57. The molecule has 4 heterocycles. The van der Waals surface area contributed by atoms with Crippen LogP contribution in [-0.2, 0) is 4.74 Å². The van der Waals surface area contributed by atoms with Crippen LogP contribution in [0, 0.1) is 12.8 Å². The third-order valence-corrected chi connectivity index (χ3v) is 7.67. The van der Waals surface area contributed by atoms with E-state index in [1.54, 1.807) is 11.3 Å². The largest absolute Gasteiger partial charge is 0.378 e. The van der Waals surface area contributed by atoms with Gasteiger partial charge in [0.05, 0.1) is 23.8 Å². The highest BCUT2D eigenvalue weighted by molar-refractivity contribution is 7.22. The van der Waals surface area contributed by atoms with Crippen molar-refractivity contribution in [1.29, 1.82) is 0 Å². The number of aromatic nitrogens is 2. The fourth-order valence-corrected chi connectivity index (χ4v) is 5.72. The number of ether oxygens (including phenoxy) is 1. The van der Waals surface area contributed by atoms with Gasteiger partial charge in [-0.15, -0.1) is 11.3 Å². The Morgan fingerprint density at radius 1 is 1.24 bits per heavy atom. The van der Waals surface area contributed by atoms with Crippen LogP contribution in [0.5, 0.6) is 0 Å². The number of piperidine rings is 1. The molecule has 174 valence electrons. The third kappa shape index (κ3) is 5.18. The first-order valence-corrected chi connectivity index (χ1v) is 12.7. The van der Waals surface area contributed by atoms with Crippen LogP contribution < -0.4 is 10.6 Å². The van der Waals surface area contributed by atoms with Crippen molar-refractivity contribution in [3.05, 3.63) is 41.6 Å². The zero-order valence-electron chi connectivity index (χ0n) is 19.1. The first-order valence-electron chi connectivity index (χ1n) is 11.9. The molecule has 3 aromatic rings. The molecule has 33 heavy (non-hydrogen) atoms. The third-order valence-electron chi connectivity index (χ3n) is 6.56. The van der Waals surface area contributed by atoms with E-state index < -0.39 is 0 Å². The Balaban J connectivity index is 1.31. The molecule has 2 fully saturated rings. The van der Waals surface area contributed by atoms with Crippen molar-refractivity contribution in [3.8, 4) is 10.6 Å². The number of rotatable bonds is 6. The molecule has 5 rings (SSSR count). The Bertz CT molecular complexity index is 1120. The lowest BCUT2D eigenvalue weighted by molar-refractivity contribution is 0.0303. The predicted molar refractivity (Wildman–Crippen MR) is 133 cm³/mol. The Morgan fingerprint density at radius 3 is 2.88 bits per heavy atom. The quantitative estimate of drug-likeness (QED) is 0.574. The van der Waals surface area contributed by atoms with E-state index in [1.165, 1.54) is 12.8 Å². The lowest BCUT2D eigenvalue weighted by Crippen LogP contribution is -2.40. The molecule has 0 atom stereocenters. The zero-order valence-corrected chi connectivity index (χ0v) is 19.9. The maximum absolute atomic E-state index is 12.9. The highest BCUT2D eigenvalue weighted by Gasteiger charge is 2.19. The van der Waals surface area contributed by atoms with Crippen molar-refractivity contribution in [2.75, 3.05) is 51.3 Å². The van der Waals surface area contributed by atoms with Crippen LogP contribution in [0.25, 0.3) is 20.7 Å². The van der Waals surface area contributed by atoms with Crippen LogP contribution in [0.3, 0.4) is 0 Å². The van der Waals surface area contributed by atoms with E-state index in [9.17, 15) is 4.79 Å². The number of thiophene rings is 1. The Hall–Kier alpha value is -2.55. The molecule has 8 heteroatoms. The summed E-state index contributed by atoms with van der Waals surface area (Å²) in [4.78, 5) is 25.2. The molecular weight excluding hydrogens is 434 g/mol. The summed E-state index contributed by atoms with van der Waals surface area (Å²) in [6.45, 7) is 7.72. The van der Waals surface area contributed by atoms with E-state index in [1.807, 2.05) is 36.2 Å². The molecule has 0 unspecified atom stereocenters. The first kappa shape index (κ1) is 22.3. The summed E-state index contributed by atoms with van der Waals surface area (Å²) in [5.74, 6) is 1.54. The maximum atomic E-state index is 12.9. The number of morpholine rings is 1. The van der Waals surface area contributed by atoms with E-state index >= 15 is 0 Å². The van der Waals surface area contributed by atoms with Gasteiger partial charge in [0.1, 0.15) is 0 Å². The van der Waals surface area contributed by atoms with Crippen molar-refractivity contribution < 1.29 is 9.53 Å². The number of carbonyl (C=O) groups excluding carboxylic acids is 1. The molecule has 2 aromatic heterocycles. The van der Waals surface area contributed by atoms with E-state index in [-0.39, 0.29) is 5.91 Å². The van der Waals surface area contributed by atoms with E-state index in [0.29, 0.717) is 32.3 Å². The number of fused-ring (bicyclic) bond motifs is 1. The first-order chi connectivity index (χ1) is 16.2. The minimum absolute atomic E-state index is 0.0774. The van der Waals surface area contributed by atoms with E-state index in [4.69, 9.17) is 9.72 Å². The van der Waals surface area contributed by atoms with E-state index in [0.717, 1.165) is 63.8 Å². The number of aryl methyl sites for hydroxylation is 1. The summed E-state index contributed by atoms with van der Waals surface area (Å²) in [6.07, 6.45) is 5.54. The molecule has 1 amide bonds. The summed E-state index contributed by atoms with van der Waals surface area (Å²) in [5.41, 5.74) is 2.74. The van der Waals surface area contributed by atoms with Crippen LogP contribution in [0.1, 0.15) is 35.2 Å². The second kappa shape index (κ2) is 10.2. The second-order valence-corrected chi connectivity index (χ2v) is 9.99. The van der Waals surface area contributed by atoms with Gasteiger partial charge >= 0.3 is 0 Å². The standard InChI is InChI=1S/C25H31N5O2S/c1-17-16-28-25(27-9-6-18-4-7-26-8-5-18)29-23(17)22-14-19-2-3-20(15-21(19)33-22)24(31)30-10-12-32-13-11-30/h2-3,14-16,18,26H,4-13H2,1H3,(H,27,28,29). The molecule has 2 aliphatic rings. The van der Waals surface area contributed by atoms with Crippen molar-refractivity contribution in [2.45, 2.75) is 26.2 Å². The number of amides is 1. The summed E-state index contributed by atoms with van der Waals surface area (Å²) in [6, 6.07) is 8.14. The van der Waals surface area contributed by atoms with Gasteiger partial charge in [0, 0.05) is 36.1 Å². The summed E-state index contributed by atoms with van der Waals surface area (Å²) < 4.78 is 6.47. The van der Waals surface area contributed by atoms with Crippen LogP contribution in [0.15, 0.2) is 30.5 Å². The molecule has 2 saturated heterocycles. The molecule has 0 radical (unpaired) electrons. The lowest BCUT2D eigenvalue weighted by Gasteiger charge is -2.26. The highest BCUT2D eigenvalue weighted by Crippen LogP contribution is 2.35. The van der Waals surface area contributed by atoms with Gasteiger partial charge in [-0.25, -0.2) is 9.97 Å². The average molecular weight is 466 g/mol. The highest BCUT2D eigenvalue weighted by atomic mass is 32.1. The SMILES string of the molecule is Cc1cnc(NCCC2CCNCC2)nc1-c1cc2ccc(C(=O)N3CCOCC3)cc2s1. The van der Waals surface area contributed by atoms with Crippen LogP contribution in [-0.4, -0.2) is 66.7 Å². The smallest absolute Gasteiger partial charge is 0.254 e. The Labute approximate surface area is 198 Å². The average Bonchev–Trinajstić information content (AvgIpc) is 3.29. The number of hydrogen-bond acceptors (Lipinski definition) is 7. The predicted octanol–water partition coefficient (Wildman–Crippen LogP) is 3.94. The number of benzene rings is 1. The Morgan fingerprint density at radius 2 is 2.06 bits per heavy atom. The molecule has 2 aliphatic heterocycles. The van der Waals surface area contributed by atoms with Gasteiger partial charge in [-0.1, -0.05) is 6.07 Å². The van der Waals surface area contributed by atoms with Gasteiger partial charge in [0.25, 0.3) is 5.91 Å². The topological polar surface area (TPSA) is 79.4 Å². The molecule has 0 bridgehead atoms. The van der Waals surface area contributed by atoms with Gasteiger partial charge in [0.15, 0.2) is 0 Å². The molecule has 0 spiro atoms. The zero-order chi connectivity index (χ0) is 22.6. The van der Waals surface area contributed by atoms with Gasteiger partial charge in [-0.2, -0.15) is 0 Å². The molecular formula is C25H31N5O2S. The van der Waals surface area contributed by atoms with Crippen LogP contribution in [0.4, 0.5) is 5.95 Å². The molecule has 0 aliphatic carbocycles. The van der Waals surface area contributed by atoms with E-state index in [2.05, 4.69) is 21.7 Å². The monoisotopic (exact) mass is 465 g/mol. The van der Waals surface area contributed by atoms with Gasteiger partial charge < -0.3 is 20.3 Å². The summed E-state index contributed by atoms with van der Waals surface area (Å²) in [7, 11) is 0.